The Hall–Kier alpha value is -1.03. The van der Waals surface area contributed by atoms with E-state index in [1.54, 1.807) is 5.38 Å². The van der Waals surface area contributed by atoms with Crippen molar-refractivity contribution in [2.45, 2.75) is 0 Å². The van der Waals surface area contributed by atoms with Crippen molar-refractivity contribution in [3.63, 3.8) is 0 Å². The molecule has 46 valence electrons. The number of allylic oxidation sites excluding steroid dienone is 1. The van der Waals surface area contributed by atoms with E-state index in [9.17, 15) is 4.79 Å². The molecular formula is C5H4N2OS. The molecule has 0 spiro atoms. The van der Waals surface area contributed by atoms with Gasteiger partial charge < -0.3 is 0 Å². The van der Waals surface area contributed by atoms with Crippen molar-refractivity contribution in [2.75, 3.05) is 0 Å². The third-order valence-corrected chi connectivity index (χ3v) is 1.30. The Morgan fingerprint density at radius 3 is 3.11 bits per heavy atom. The largest absolute Gasteiger partial charge is 0.287 e. The topological polar surface area (TPSA) is 42.9 Å². The molecule has 4 heteroatoms. The molecule has 0 radical (unpaired) electrons. The maximum atomic E-state index is 10.7. The summed E-state index contributed by atoms with van der Waals surface area (Å²) in [5, 5.41) is 5.12. The third kappa shape index (κ3) is 1.20. The summed E-state index contributed by atoms with van der Waals surface area (Å²) in [6.45, 7) is 3.30. The van der Waals surface area contributed by atoms with Crippen LogP contribution in [-0.4, -0.2) is 15.4 Å². The van der Waals surface area contributed by atoms with Crippen LogP contribution >= 0.6 is 11.5 Å². The first-order valence-electron chi connectivity index (χ1n) is 2.28. The summed E-state index contributed by atoms with van der Waals surface area (Å²) >= 11 is 1.15. The van der Waals surface area contributed by atoms with E-state index >= 15 is 0 Å². The Morgan fingerprint density at radius 1 is 1.89 bits per heavy atom. The lowest BCUT2D eigenvalue weighted by Gasteiger charge is -1.78. The van der Waals surface area contributed by atoms with Gasteiger partial charge in [0.25, 0.3) is 0 Å². The van der Waals surface area contributed by atoms with Crippen molar-refractivity contribution in [2.24, 2.45) is 0 Å². The molecule has 0 aliphatic rings. The average molecular weight is 140 g/mol. The van der Waals surface area contributed by atoms with E-state index < -0.39 is 0 Å². The van der Waals surface area contributed by atoms with Gasteiger partial charge >= 0.3 is 0 Å². The fourth-order valence-electron chi connectivity index (χ4n) is 0.377. The Kier molecular flexibility index (Phi) is 1.69. The highest BCUT2D eigenvalue weighted by atomic mass is 32.1. The second kappa shape index (κ2) is 2.50. The molecule has 0 aromatic carbocycles. The molecule has 0 aliphatic carbocycles. The fourth-order valence-corrected chi connectivity index (χ4v) is 0.822. The minimum Gasteiger partial charge on any atom is -0.287 e. The van der Waals surface area contributed by atoms with E-state index in [2.05, 4.69) is 16.2 Å². The SMILES string of the molecule is C=CC(=O)c1csnn1. The van der Waals surface area contributed by atoms with Gasteiger partial charge in [-0.05, 0) is 17.6 Å². The molecule has 0 saturated carbocycles. The van der Waals surface area contributed by atoms with E-state index in [1.165, 1.54) is 6.08 Å². The standard InChI is InChI=1S/C5H4N2OS/c1-2-5(8)4-3-9-7-6-4/h2-3H,1H2. The summed E-state index contributed by atoms with van der Waals surface area (Å²) in [4.78, 5) is 10.7. The second-order valence-electron chi connectivity index (χ2n) is 1.36. The van der Waals surface area contributed by atoms with Gasteiger partial charge in [-0.15, -0.1) is 5.10 Å². The molecule has 0 N–H and O–H groups in total. The van der Waals surface area contributed by atoms with Crippen LogP contribution in [0.4, 0.5) is 0 Å². The molecular weight excluding hydrogens is 136 g/mol. The van der Waals surface area contributed by atoms with Crippen molar-refractivity contribution < 1.29 is 4.79 Å². The molecule has 0 atom stereocenters. The Balaban J connectivity index is 2.89. The molecule has 0 saturated heterocycles. The van der Waals surface area contributed by atoms with Crippen LogP contribution in [0.15, 0.2) is 18.0 Å². The van der Waals surface area contributed by atoms with Crippen LogP contribution in [0.2, 0.25) is 0 Å². The van der Waals surface area contributed by atoms with Crippen LogP contribution in [-0.2, 0) is 0 Å². The maximum Gasteiger partial charge on any atom is 0.206 e. The number of carbonyl (C=O) groups is 1. The number of carbonyl (C=O) groups excluding carboxylic acids is 1. The van der Waals surface area contributed by atoms with Gasteiger partial charge in [0.15, 0.2) is 0 Å². The van der Waals surface area contributed by atoms with Crippen LogP contribution in [0.1, 0.15) is 10.5 Å². The van der Waals surface area contributed by atoms with Gasteiger partial charge in [0, 0.05) is 5.38 Å². The Labute approximate surface area is 56.2 Å². The van der Waals surface area contributed by atoms with Crippen LogP contribution in [0.5, 0.6) is 0 Å². The van der Waals surface area contributed by atoms with Crippen LogP contribution in [0.3, 0.4) is 0 Å². The zero-order chi connectivity index (χ0) is 6.69. The van der Waals surface area contributed by atoms with E-state index in [0.717, 1.165) is 11.5 Å². The summed E-state index contributed by atoms with van der Waals surface area (Å²) in [6, 6.07) is 0. The van der Waals surface area contributed by atoms with E-state index in [4.69, 9.17) is 0 Å². The maximum absolute atomic E-state index is 10.7. The number of aromatic nitrogens is 2. The lowest BCUT2D eigenvalue weighted by molar-refractivity contribution is 0.104. The molecule has 1 heterocycles. The van der Waals surface area contributed by atoms with Gasteiger partial charge in [-0.3, -0.25) is 4.79 Å². The summed E-state index contributed by atoms with van der Waals surface area (Å²) < 4.78 is 3.51. The lowest BCUT2D eigenvalue weighted by atomic mass is 10.3. The van der Waals surface area contributed by atoms with Gasteiger partial charge in [0.1, 0.15) is 5.69 Å². The molecule has 1 aromatic rings. The molecule has 1 rings (SSSR count). The predicted octanol–water partition coefficient (Wildman–Crippen LogP) is 0.907. The molecule has 3 nitrogen and oxygen atoms in total. The van der Waals surface area contributed by atoms with Gasteiger partial charge in [-0.2, -0.15) is 0 Å². The van der Waals surface area contributed by atoms with E-state index in [1.807, 2.05) is 0 Å². The number of nitrogens with zero attached hydrogens (tertiary/aromatic N) is 2. The highest BCUT2D eigenvalue weighted by Gasteiger charge is 2.01. The lowest BCUT2D eigenvalue weighted by Crippen LogP contribution is -1.92. The molecule has 0 aliphatic heterocycles. The zero-order valence-corrected chi connectivity index (χ0v) is 5.39. The summed E-state index contributed by atoms with van der Waals surface area (Å²) in [5.74, 6) is -0.177. The summed E-state index contributed by atoms with van der Waals surface area (Å²) in [5.41, 5.74) is 0.370. The molecule has 0 fully saturated rings. The number of hydrogen-bond donors (Lipinski definition) is 0. The molecule has 0 amide bonds. The molecule has 9 heavy (non-hydrogen) atoms. The van der Waals surface area contributed by atoms with E-state index in [-0.39, 0.29) is 5.78 Å². The Bertz CT molecular complexity index is 217. The quantitative estimate of drug-likeness (QED) is 0.453. The first-order valence-corrected chi connectivity index (χ1v) is 3.12. The monoisotopic (exact) mass is 140 g/mol. The Morgan fingerprint density at radius 2 is 2.67 bits per heavy atom. The number of rotatable bonds is 2. The molecule has 1 aromatic heterocycles. The summed E-state index contributed by atoms with van der Waals surface area (Å²) in [7, 11) is 0. The second-order valence-corrected chi connectivity index (χ2v) is 1.97. The van der Waals surface area contributed by atoms with Crippen LogP contribution in [0.25, 0.3) is 0 Å². The minimum atomic E-state index is -0.177. The van der Waals surface area contributed by atoms with Crippen molar-refractivity contribution in [3.8, 4) is 0 Å². The third-order valence-electron chi connectivity index (χ3n) is 0.798. The highest BCUT2D eigenvalue weighted by molar-refractivity contribution is 7.03. The van der Waals surface area contributed by atoms with Crippen molar-refractivity contribution in [1.29, 1.82) is 0 Å². The number of ketones is 1. The summed E-state index contributed by atoms with van der Waals surface area (Å²) in [6.07, 6.45) is 1.22. The fraction of sp³-hybridized carbons (Fsp3) is 0. The van der Waals surface area contributed by atoms with Crippen molar-refractivity contribution in [1.82, 2.24) is 9.59 Å². The van der Waals surface area contributed by atoms with Gasteiger partial charge in [0.2, 0.25) is 5.78 Å². The zero-order valence-electron chi connectivity index (χ0n) is 4.57. The minimum absolute atomic E-state index is 0.177. The van der Waals surface area contributed by atoms with Gasteiger partial charge in [-0.1, -0.05) is 11.1 Å². The van der Waals surface area contributed by atoms with E-state index in [0.29, 0.717) is 5.69 Å². The number of hydrogen-bond acceptors (Lipinski definition) is 4. The molecule has 0 unspecified atom stereocenters. The van der Waals surface area contributed by atoms with Crippen LogP contribution < -0.4 is 0 Å². The van der Waals surface area contributed by atoms with Crippen LogP contribution in [0, 0.1) is 0 Å². The highest BCUT2D eigenvalue weighted by Crippen LogP contribution is 1.97. The first-order chi connectivity index (χ1) is 4.34. The van der Waals surface area contributed by atoms with Gasteiger partial charge in [0.05, 0.1) is 0 Å². The van der Waals surface area contributed by atoms with Crippen molar-refractivity contribution >= 4 is 17.3 Å². The average Bonchev–Trinajstić information content (AvgIpc) is 2.37. The van der Waals surface area contributed by atoms with Crippen molar-refractivity contribution in [3.05, 3.63) is 23.7 Å². The molecule has 0 bridgehead atoms. The normalized spacial score (nSPS) is 8.89. The first kappa shape index (κ1) is 6.10. The smallest absolute Gasteiger partial charge is 0.206 e. The predicted molar refractivity (Wildman–Crippen MR) is 34.4 cm³/mol. The van der Waals surface area contributed by atoms with Gasteiger partial charge in [-0.25, -0.2) is 0 Å².